The second-order valence-electron chi connectivity index (χ2n) is 2.88. The van der Waals surface area contributed by atoms with Crippen LogP contribution < -0.4 is 0 Å². The van der Waals surface area contributed by atoms with Crippen LogP contribution in [0.15, 0.2) is 59.4 Å². The number of furan rings is 1. The van der Waals surface area contributed by atoms with Crippen molar-refractivity contribution in [1.29, 1.82) is 0 Å². The van der Waals surface area contributed by atoms with E-state index in [-0.39, 0.29) is 5.97 Å². The van der Waals surface area contributed by atoms with Crippen molar-refractivity contribution in [2.75, 3.05) is 6.61 Å². The fourth-order valence-corrected chi connectivity index (χ4v) is 1.02. The van der Waals surface area contributed by atoms with E-state index in [9.17, 15) is 4.79 Å². The van der Waals surface area contributed by atoms with Crippen LogP contribution in [0.1, 0.15) is 17.3 Å². The van der Waals surface area contributed by atoms with Crippen molar-refractivity contribution in [2.24, 2.45) is 0 Å². The van der Waals surface area contributed by atoms with Crippen molar-refractivity contribution in [1.82, 2.24) is 0 Å². The second-order valence-corrected chi connectivity index (χ2v) is 2.88. The Morgan fingerprint density at radius 2 is 1.75 bits per heavy atom. The van der Waals surface area contributed by atoms with E-state index < -0.39 is 0 Å². The highest BCUT2D eigenvalue weighted by Crippen LogP contribution is 1.99. The molecular weight excluding hydrogens is 204 g/mol. The zero-order valence-corrected chi connectivity index (χ0v) is 9.13. The van der Waals surface area contributed by atoms with Crippen LogP contribution in [0.25, 0.3) is 0 Å². The van der Waals surface area contributed by atoms with Crippen molar-refractivity contribution >= 4 is 5.97 Å². The van der Waals surface area contributed by atoms with Crippen LogP contribution in [0, 0.1) is 0 Å². The maximum absolute atomic E-state index is 11.0. The van der Waals surface area contributed by atoms with E-state index in [2.05, 4.69) is 4.42 Å². The number of ether oxygens (including phenoxy) is 1. The number of carbonyl (C=O) groups excluding carboxylic acids is 1. The Hall–Kier alpha value is -2.03. The zero-order valence-electron chi connectivity index (χ0n) is 9.13. The molecule has 0 aliphatic carbocycles. The number of hydrogen-bond donors (Lipinski definition) is 0. The molecule has 1 aromatic heterocycles. The van der Waals surface area contributed by atoms with Crippen LogP contribution in [0.4, 0.5) is 0 Å². The molecule has 0 unspecified atom stereocenters. The molecule has 0 amide bonds. The fourth-order valence-electron chi connectivity index (χ4n) is 1.02. The highest BCUT2D eigenvalue weighted by Gasteiger charge is 2.02. The standard InChI is InChI=1S/C9H10O2.C4H4O/c1-2-11-9(10)8-6-4-3-5-7-8;1-2-4-5-3-1/h3-7H,2H2,1H3;1-4H. The third-order valence-corrected chi connectivity index (χ3v) is 1.71. The SMILES string of the molecule is CCOC(=O)c1ccccc1.c1ccoc1. The van der Waals surface area contributed by atoms with Gasteiger partial charge in [-0.3, -0.25) is 0 Å². The largest absolute Gasteiger partial charge is 0.473 e. The van der Waals surface area contributed by atoms with E-state index in [4.69, 9.17) is 4.74 Å². The first-order chi connectivity index (χ1) is 7.84. The van der Waals surface area contributed by atoms with Crippen LogP contribution in [-0.2, 0) is 4.74 Å². The van der Waals surface area contributed by atoms with E-state index in [1.165, 1.54) is 0 Å². The summed E-state index contributed by atoms with van der Waals surface area (Å²) in [4.78, 5) is 11.0. The maximum atomic E-state index is 11.0. The molecule has 1 aromatic carbocycles. The van der Waals surface area contributed by atoms with Gasteiger partial charge in [0.15, 0.2) is 0 Å². The molecule has 16 heavy (non-hydrogen) atoms. The summed E-state index contributed by atoms with van der Waals surface area (Å²) in [6.45, 7) is 2.22. The molecule has 0 saturated heterocycles. The van der Waals surface area contributed by atoms with Gasteiger partial charge < -0.3 is 9.15 Å². The van der Waals surface area contributed by atoms with Gasteiger partial charge in [0.2, 0.25) is 0 Å². The summed E-state index contributed by atoms with van der Waals surface area (Å²) >= 11 is 0. The summed E-state index contributed by atoms with van der Waals surface area (Å²) in [6, 6.07) is 12.6. The average Bonchev–Trinajstić information content (AvgIpc) is 2.89. The monoisotopic (exact) mass is 218 g/mol. The second kappa shape index (κ2) is 7.29. The molecule has 3 heteroatoms. The number of carbonyl (C=O) groups is 1. The molecule has 0 aliphatic rings. The predicted octanol–water partition coefficient (Wildman–Crippen LogP) is 3.14. The first-order valence-electron chi connectivity index (χ1n) is 5.04. The van der Waals surface area contributed by atoms with Gasteiger partial charge in [-0.05, 0) is 31.2 Å². The molecule has 2 rings (SSSR count). The van der Waals surface area contributed by atoms with Gasteiger partial charge in [-0.2, -0.15) is 0 Å². The van der Waals surface area contributed by atoms with Gasteiger partial charge in [0, 0.05) is 0 Å². The Labute approximate surface area is 94.7 Å². The first kappa shape index (κ1) is 12.0. The number of esters is 1. The Bertz CT molecular complexity index is 362. The molecule has 1 heterocycles. The lowest BCUT2D eigenvalue weighted by Gasteiger charge is -1.99. The maximum Gasteiger partial charge on any atom is 0.338 e. The summed E-state index contributed by atoms with van der Waals surface area (Å²) in [5, 5.41) is 0. The van der Waals surface area contributed by atoms with Gasteiger partial charge in [-0.25, -0.2) is 4.79 Å². The minimum atomic E-state index is -0.256. The van der Waals surface area contributed by atoms with Crippen LogP contribution in [0.3, 0.4) is 0 Å². The predicted molar refractivity (Wildman–Crippen MR) is 61.1 cm³/mol. The summed E-state index contributed by atoms with van der Waals surface area (Å²) in [6.07, 6.45) is 3.25. The zero-order chi connectivity index (χ0) is 11.6. The van der Waals surface area contributed by atoms with Gasteiger partial charge in [0.1, 0.15) is 0 Å². The molecule has 0 aliphatic heterocycles. The lowest BCUT2D eigenvalue weighted by Crippen LogP contribution is -2.03. The van der Waals surface area contributed by atoms with Crippen molar-refractivity contribution < 1.29 is 13.9 Å². The molecular formula is C13H14O3. The number of hydrogen-bond acceptors (Lipinski definition) is 3. The lowest BCUT2D eigenvalue weighted by molar-refractivity contribution is 0.0526. The molecule has 0 bridgehead atoms. The lowest BCUT2D eigenvalue weighted by atomic mass is 10.2. The van der Waals surface area contributed by atoms with Crippen LogP contribution in [0.5, 0.6) is 0 Å². The van der Waals surface area contributed by atoms with Gasteiger partial charge in [-0.15, -0.1) is 0 Å². The normalized spacial score (nSPS) is 8.81. The van der Waals surface area contributed by atoms with Gasteiger partial charge in [0.05, 0.1) is 24.7 Å². The minimum absolute atomic E-state index is 0.256. The fraction of sp³-hybridized carbons (Fsp3) is 0.154. The molecule has 3 nitrogen and oxygen atoms in total. The molecule has 0 spiro atoms. The van der Waals surface area contributed by atoms with Gasteiger partial charge in [0.25, 0.3) is 0 Å². The summed E-state index contributed by atoms with van der Waals surface area (Å²) in [5.74, 6) is -0.256. The van der Waals surface area contributed by atoms with Crippen molar-refractivity contribution in [2.45, 2.75) is 6.92 Å². The molecule has 0 saturated carbocycles. The Morgan fingerprint density at radius 3 is 2.19 bits per heavy atom. The van der Waals surface area contributed by atoms with E-state index >= 15 is 0 Å². The van der Waals surface area contributed by atoms with E-state index in [1.54, 1.807) is 31.6 Å². The molecule has 0 atom stereocenters. The van der Waals surface area contributed by atoms with Gasteiger partial charge >= 0.3 is 5.97 Å². The first-order valence-corrected chi connectivity index (χ1v) is 5.04. The Balaban J connectivity index is 0.000000212. The molecule has 0 fully saturated rings. The molecule has 84 valence electrons. The van der Waals surface area contributed by atoms with E-state index in [0.717, 1.165) is 0 Å². The molecule has 2 aromatic rings. The number of benzene rings is 1. The quantitative estimate of drug-likeness (QED) is 0.727. The Kier molecular flexibility index (Phi) is 5.48. The van der Waals surface area contributed by atoms with Crippen LogP contribution >= 0.6 is 0 Å². The third kappa shape index (κ3) is 4.46. The minimum Gasteiger partial charge on any atom is -0.473 e. The number of rotatable bonds is 2. The third-order valence-electron chi connectivity index (χ3n) is 1.71. The highest BCUT2D eigenvalue weighted by molar-refractivity contribution is 5.89. The summed E-state index contributed by atoms with van der Waals surface area (Å²) in [5.41, 5.74) is 0.606. The smallest absolute Gasteiger partial charge is 0.338 e. The highest BCUT2D eigenvalue weighted by atomic mass is 16.5. The topological polar surface area (TPSA) is 39.4 Å². The van der Waals surface area contributed by atoms with Crippen molar-refractivity contribution in [3.8, 4) is 0 Å². The van der Waals surface area contributed by atoms with Crippen molar-refractivity contribution in [3.05, 3.63) is 60.6 Å². The average molecular weight is 218 g/mol. The van der Waals surface area contributed by atoms with Gasteiger partial charge in [-0.1, -0.05) is 18.2 Å². The van der Waals surface area contributed by atoms with E-state index in [0.29, 0.717) is 12.2 Å². The Morgan fingerprint density at radius 1 is 1.12 bits per heavy atom. The molecule has 0 N–H and O–H groups in total. The summed E-state index contributed by atoms with van der Waals surface area (Å²) < 4.78 is 9.37. The van der Waals surface area contributed by atoms with E-state index in [1.807, 2.05) is 30.3 Å². The summed E-state index contributed by atoms with van der Waals surface area (Å²) in [7, 11) is 0. The molecule has 0 radical (unpaired) electrons. The van der Waals surface area contributed by atoms with Crippen LogP contribution in [-0.4, -0.2) is 12.6 Å². The van der Waals surface area contributed by atoms with Crippen molar-refractivity contribution in [3.63, 3.8) is 0 Å². The van der Waals surface area contributed by atoms with Crippen LogP contribution in [0.2, 0.25) is 0 Å².